The Morgan fingerprint density at radius 2 is 1.71 bits per heavy atom. The summed E-state index contributed by atoms with van der Waals surface area (Å²) in [6.45, 7) is 6.55. The van der Waals surface area contributed by atoms with Gasteiger partial charge in [-0.2, -0.15) is 0 Å². The van der Waals surface area contributed by atoms with Crippen molar-refractivity contribution >= 4 is 0 Å². The minimum Gasteiger partial charge on any atom is -0.496 e. The first-order valence-corrected chi connectivity index (χ1v) is 7.12. The average Bonchev–Trinajstić information content (AvgIpc) is 2.49. The highest BCUT2D eigenvalue weighted by Crippen LogP contribution is 2.30. The van der Waals surface area contributed by atoms with Gasteiger partial charge in [-0.1, -0.05) is 12.1 Å². The highest BCUT2D eigenvalue weighted by atomic mass is 16.5. The van der Waals surface area contributed by atoms with Gasteiger partial charge < -0.3 is 14.6 Å². The number of benzene rings is 2. The van der Waals surface area contributed by atoms with Gasteiger partial charge in [-0.15, -0.1) is 0 Å². The molecule has 21 heavy (non-hydrogen) atoms. The lowest BCUT2D eigenvalue weighted by Crippen LogP contribution is -2.04. The fourth-order valence-electron chi connectivity index (χ4n) is 2.42. The second-order valence-corrected chi connectivity index (χ2v) is 5.08. The van der Waals surface area contributed by atoms with Gasteiger partial charge in [0.2, 0.25) is 0 Å². The molecule has 0 saturated heterocycles. The molecule has 112 valence electrons. The molecule has 0 aliphatic rings. The molecule has 2 rings (SSSR count). The van der Waals surface area contributed by atoms with Crippen LogP contribution in [0.1, 0.15) is 35.3 Å². The van der Waals surface area contributed by atoms with Crippen LogP contribution in [0.4, 0.5) is 0 Å². The van der Waals surface area contributed by atoms with Crippen LogP contribution in [-0.2, 0) is 0 Å². The van der Waals surface area contributed by atoms with Gasteiger partial charge >= 0.3 is 0 Å². The zero-order valence-electron chi connectivity index (χ0n) is 13.0. The van der Waals surface area contributed by atoms with Crippen molar-refractivity contribution in [3.05, 3.63) is 58.7 Å². The molecule has 0 bridgehead atoms. The highest BCUT2D eigenvalue weighted by Gasteiger charge is 2.15. The molecular weight excluding hydrogens is 264 g/mol. The molecule has 0 radical (unpaired) electrons. The first-order valence-electron chi connectivity index (χ1n) is 7.12. The van der Waals surface area contributed by atoms with Crippen LogP contribution in [0, 0.1) is 13.8 Å². The van der Waals surface area contributed by atoms with E-state index in [2.05, 4.69) is 0 Å². The molecule has 0 amide bonds. The van der Waals surface area contributed by atoms with Crippen LogP contribution in [0.5, 0.6) is 11.5 Å². The minimum atomic E-state index is -0.648. The maximum absolute atomic E-state index is 10.6. The van der Waals surface area contributed by atoms with E-state index in [9.17, 15) is 5.11 Å². The number of hydrogen-bond acceptors (Lipinski definition) is 3. The molecule has 2 aromatic rings. The third-order valence-corrected chi connectivity index (χ3v) is 3.58. The van der Waals surface area contributed by atoms with Gasteiger partial charge in [0.05, 0.1) is 13.7 Å². The van der Waals surface area contributed by atoms with E-state index in [1.165, 1.54) is 0 Å². The summed E-state index contributed by atoms with van der Waals surface area (Å²) >= 11 is 0. The number of rotatable bonds is 5. The maximum atomic E-state index is 10.6. The summed E-state index contributed by atoms with van der Waals surface area (Å²) in [5.41, 5.74) is 3.78. The van der Waals surface area contributed by atoms with Crippen LogP contribution >= 0.6 is 0 Å². The first kappa shape index (κ1) is 15.4. The average molecular weight is 286 g/mol. The van der Waals surface area contributed by atoms with E-state index >= 15 is 0 Å². The first-order chi connectivity index (χ1) is 10.1. The third kappa shape index (κ3) is 3.37. The Labute approximate surface area is 126 Å². The number of aliphatic hydroxyl groups is 1. The van der Waals surface area contributed by atoms with E-state index in [0.717, 1.165) is 33.8 Å². The van der Waals surface area contributed by atoms with Crippen molar-refractivity contribution in [2.45, 2.75) is 26.9 Å². The molecule has 0 spiro atoms. The number of hydrogen-bond donors (Lipinski definition) is 1. The molecular formula is C18H22O3. The molecule has 0 aliphatic heterocycles. The van der Waals surface area contributed by atoms with Crippen molar-refractivity contribution in [1.29, 1.82) is 0 Å². The summed E-state index contributed by atoms with van der Waals surface area (Å²) in [7, 11) is 1.66. The van der Waals surface area contributed by atoms with Crippen LogP contribution in [0.3, 0.4) is 0 Å². The Morgan fingerprint density at radius 3 is 2.29 bits per heavy atom. The molecule has 2 aromatic carbocycles. The predicted octanol–water partition coefficient (Wildman–Crippen LogP) is 3.79. The minimum absolute atomic E-state index is 0.638. The van der Waals surface area contributed by atoms with E-state index in [1.54, 1.807) is 7.11 Å². The zero-order valence-corrected chi connectivity index (χ0v) is 13.0. The van der Waals surface area contributed by atoms with Crippen molar-refractivity contribution in [3.8, 4) is 11.5 Å². The smallest absolute Gasteiger partial charge is 0.122 e. The molecule has 0 aromatic heterocycles. The topological polar surface area (TPSA) is 38.7 Å². The monoisotopic (exact) mass is 286 g/mol. The van der Waals surface area contributed by atoms with Crippen LogP contribution in [0.2, 0.25) is 0 Å². The second kappa shape index (κ2) is 6.64. The molecule has 0 fully saturated rings. The number of methoxy groups -OCH3 is 1. The van der Waals surface area contributed by atoms with E-state index < -0.39 is 6.10 Å². The summed E-state index contributed by atoms with van der Waals surface area (Å²) in [5.74, 6) is 1.66. The molecule has 1 atom stereocenters. The van der Waals surface area contributed by atoms with Gasteiger partial charge in [0.1, 0.15) is 17.6 Å². The van der Waals surface area contributed by atoms with Gasteiger partial charge in [0.15, 0.2) is 0 Å². The predicted molar refractivity (Wildman–Crippen MR) is 84.1 cm³/mol. The largest absolute Gasteiger partial charge is 0.496 e. The Kier molecular flexibility index (Phi) is 4.86. The zero-order chi connectivity index (χ0) is 15.4. The molecule has 3 nitrogen and oxygen atoms in total. The van der Waals surface area contributed by atoms with Crippen molar-refractivity contribution in [3.63, 3.8) is 0 Å². The molecule has 3 heteroatoms. The van der Waals surface area contributed by atoms with Crippen molar-refractivity contribution in [1.82, 2.24) is 0 Å². The number of aryl methyl sites for hydroxylation is 2. The van der Waals surface area contributed by atoms with Crippen molar-refractivity contribution < 1.29 is 14.6 Å². The van der Waals surface area contributed by atoms with Crippen LogP contribution in [0.25, 0.3) is 0 Å². The Hall–Kier alpha value is -2.00. The van der Waals surface area contributed by atoms with E-state index in [0.29, 0.717) is 6.61 Å². The molecule has 0 heterocycles. The molecule has 1 unspecified atom stereocenters. The standard InChI is InChI=1S/C18H22O3/c1-5-21-15-8-6-14(7-9-15)18(19)16-10-13(3)17(20-4)11-12(16)2/h6-11,18-19H,5H2,1-4H3. The molecule has 0 aliphatic carbocycles. The van der Waals surface area contributed by atoms with Gasteiger partial charge in [0, 0.05) is 0 Å². The molecule has 0 saturated carbocycles. The fourth-order valence-corrected chi connectivity index (χ4v) is 2.42. The lowest BCUT2D eigenvalue weighted by Gasteiger charge is -2.17. The van der Waals surface area contributed by atoms with E-state index in [1.807, 2.05) is 57.2 Å². The summed E-state index contributed by atoms with van der Waals surface area (Å²) < 4.78 is 10.7. The number of ether oxygens (including phenoxy) is 2. The Balaban J connectivity index is 2.31. The summed E-state index contributed by atoms with van der Waals surface area (Å²) in [6.07, 6.45) is -0.648. The Morgan fingerprint density at radius 1 is 1.05 bits per heavy atom. The second-order valence-electron chi connectivity index (χ2n) is 5.08. The normalized spacial score (nSPS) is 12.0. The van der Waals surface area contributed by atoms with Gasteiger partial charge in [-0.25, -0.2) is 0 Å². The van der Waals surface area contributed by atoms with Crippen molar-refractivity contribution in [2.24, 2.45) is 0 Å². The third-order valence-electron chi connectivity index (χ3n) is 3.58. The summed E-state index contributed by atoms with van der Waals surface area (Å²) in [6, 6.07) is 11.5. The van der Waals surface area contributed by atoms with Crippen LogP contribution in [0.15, 0.2) is 36.4 Å². The van der Waals surface area contributed by atoms with E-state index in [4.69, 9.17) is 9.47 Å². The SMILES string of the molecule is CCOc1ccc(C(O)c2cc(C)c(OC)cc2C)cc1. The van der Waals surface area contributed by atoms with E-state index in [-0.39, 0.29) is 0 Å². The summed E-state index contributed by atoms with van der Waals surface area (Å²) in [5, 5.41) is 10.6. The number of aliphatic hydroxyl groups excluding tert-OH is 1. The molecule has 1 N–H and O–H groups in total. The van der Waals surface area contributed by atoms with Crippen LogP contribution in [-0.4, -0.2) is 18.8 Å². The summed E-state index contributed by atoms with van der Waals surface area (Å²) in [4.78, 5) is 0. The lowest BCUT2D eigenvalue weighted by atomic mass is 9.95. The van der Waals surface area contributed by atoms with Gasteiger partial charge in [-0.3, -0.25) is 0 Å². The quantitative estimate of drug-likeness (QED) is 0.908. The van der Waals surface area contributed by atoms with Gasteiger partial charge in [0.25, 0.3) is 0 Å². The maximum Gasteiger partial charge on any atom is 0.122 e. The highest BCUT2D eigenvalue weighted by molar-refractivity contribution is 5.45. The van der Waals surface area contributed by atoms with Gasteiger partial charge in [-0.05, 0) is 67.3 Å². The van der Waals surface area contributed by atoms with Crippen molar-refractivity contribution in [2.75, 3.05) is 13.7 Å². The fraction of sp³-hybridized carbons (Fsp3) is 0.333. The Bertz CT molecular complexity index is 603. The van der Waals surface area contributed by atoms with Crippen LogP contribution < -0.4 is 9.47 Å². The lowest BCUT2D eigenvalue weighted by molar-refractivity contribution is 0.219.